The Balaban J connectivity index is 1.16. The number of esters is 1. The highest BCUT2D eigenvalue weighted by atomic mass is 35.5. The molecule has 0 N–H and O–H groups in total. The SMILES string of the molecule is COC(=O)c1csc2c(-c3cc(Cl)ccc3OCCN3C(=C=O)C4=C(CCC(N5CCC(OC(F)(F)F)CC5)C4)N=C3C)cc(C)nc12. The van der Waals surface area contributed by atoms with Crippen molar-refractivity contribution in [2.45, 2.75) is 64.5 Å². The summed E-state index contributed by atoms with van der Waals surface area (Å²) in [5, 5.41) is 2.24. The third-order valence-electron chi connectivity index (χ3n) is 9.00. The number of piperidine rings is 1. The van der Waals surface area contributed by atoms with Crippen molar-refractivity contribution in [1.29, 1.82) is 0 Å². The predicted molar refractivity (Wildman–Crippen MR) is 177 cm³/mol. The molecule has 0 radical (unpaired) electrons. The number of aromatic nitrogens is 1. The molecule has 1 unspecified atom stereocenters. The van der Waals surface area contributed by atoms with Crippen molar-refractivity contribution in [3.05, 3.63) is 62.9 Å². The molecule has 0 saturated carbocycles. The number of likely N-dealkylation sites (tertiary alicyclic amines) is 1. The van der Waals surface area contributed by atoms with Gasteiger partial charge in [-0.15, -0.1) is 24.5 Å². The van der Waals surface area contributed by atoms with Crippen LogP contribution in [-0.4, -0.2) is 84.4 Å². The number of fused-ring (bicyclic) bond motifs is 1. The Morgan fingerprint density at radius 3 is 2.62 bits per heavy atom. The second kappa shape index (κ2) is 14.0. The summed E-state index contributed by atoms with van der Waals surface area (Å²) in [6.45, 7) is 5.21. The number of allylic oxidation sites excluding steroid dienone is 2. The van der Waals surface area contributed by atoms with Gasteiger partial charge in [-0.05, 0) is 70.2 Å². The number of thiophene rings is 1. The quantitative estimate of drug-likeness (QED) is 0.178. The smallest absolute Gasteiger partial charge is 0.491 e. The molecule has 1 aliphatic carbocycles. The molecule has 254 valence electrons. The lowest BCUT2D eigenvalue weighted by Crippen LogP contribution is -2.46. The van der Waals surface area contributed by atoms with E-state index in [-0.39, 0.29) is 12.6 Å². The van der Waals surface area contributed by atoms with Gasteiger partial charge < -0.3 is 14.4 Å². The van der Waals surface area contributed by atoms with Crippen LogP contribution in [0.4, 0.5) is 13.2 Å². The molecule has 3 aliphatic rings. The zero-order valence-corrected chi connectivity index (χ0v) is 28.2. The summed E-state index contributed by atoms with van der Waals surface area (Å²) in [6, 6.07) is 7.34. The van der Waals surface area contributed by atoms with E-state index < -0.39 is 18.4 Å². The maximum Gasteiger partial charge on any atom is 0.522 e. The highest BCUT2D eigenvalue weighted by molar-refractivity contribution is 7.18. The average Bonchev–Trinajstić information content (AvgIpc) is 3.48. The molecule has 0 spiro atoms. The fraction of sp³-hybridized carbons (Fsp3) is 0.441. The lowest BCUT2D eigenvalue weighted by Gasteiger charge is -2.41. The minimum Gasteiger partial charge on any atom is -0.491 e. The Bertz CT molecular complexity index is 1840. The van der Waals surface area contributed by atoms with Crippen molar-refractivity contribution in [3.8, 4) is 16.9 Å². The summed E-state index contributed by atoms with van der Waals surface area (Å²) >= 11 is 7.83. The van der Waals surface area contributed by atoms with Gasteiger partial charge in [-0.3, -0.25) is 14.6 Å². The number of amidine groups is 1. The topological polar surface area (TPSA) is 93.6 Å². The van der Waals surface area contributed by atoms with Crippen LogP contribution in [0.2, 0.25) is 5.02 Å². The first-order valence-corrected chi connectivity index (χ1v) is 16.9. The number of aliphatic imine (C=N–C) groups is 1. The highest BCUT2D eigenvalue weighted by Crippen LogP contribution is 2.41. The number of pyridine rings is 1. The Labute approximate surface area is 284 Å². The molecular weight excluding hydrogens is 669 g/mol. The van der Waals surface area contributed by atoms with E-state index in [9.17, 15) is 22.8 Å². The van der Waals surface area contributed by atoms with Crippen LogP contribution < -0.4 is 4.74 Å². The van der Waals surface area contributed by atoms with Gasteiger partial charge in [0.25, 0.3) is 0 Å². The molecule has 48 heavy (non-hydrogen) atoms. The number of aryl methyl sites for hydroxylation is 1. The van der Waals surface area contributed by atoms with Crippen LogP contribution in [0.1, 0.15) is 55.1 Å². The van der Waals surface area contributed by atoms with E-state index in [2.05, 4.69) is 20.6 Å². The Hall–Kier alpha value is -3.74. The molecule has 0 bridgehead atoms. The average molecular weight is 703 g/mol. The van der Waals surface area contributed by atoms with Crippen LogP contribution in [0.25, 0.3) is 21.3 Å². The second-order valence-electron chi connectivity index (χ2n) is 12.0. The predicted octanol–water partition coefficient (Wildman–Crippen LogP) is 7.35. The van der Waals surface area contributed by atoms with Crippen LogP contribution in [0.5, 0.6) is 5.75 Å². The van der Waals surface area contributed by atoms with Gasteiger partial charge in [-0.1, -0.05) is 11.6 Å². The number of ether oxygens (including phenoxy) is 3. The number of carbonyl (C=O) groups is 1. The minimum absolute atomic E-state index is 0.0832. The highest BCUT2D eigenvalue weighted by Gasteiger charge is 2.38. The van der Waals surface area contributed by atoms with Gasteiger partial charge in [-0.25, -0.2) is 14.6 Å². The first-order valence-electron chi connectivity index (χ1n) is 15.6. The molecule has 9 nitrogen and oxygen atoms in total. The number of hydrogen-bond acceptors (Lipinski definition) is 10. The summed E-state index contributed by atoms with van der Waals surface area (Å²) < 4.78 is 54.4. The molecule has 1 atom stereocenters. The summed E-state index contributed by atoms with van der Waals surface area (Å²) in [5.74, 6) is 2.92. The van der Waals surface area contributed by atoms with Crippen molar-refractivity contribution in [3.63, 3.8) is 0 Å². The normalized spacial score (nSPS) is 19.3. The molecule has 0 amide bonds. The first-order chi connectivity index (χ1) is 23.0. The van der Waals surface area contributed by atoms with Crippen molar-refractivity contribution >= 4 is 50.9 Å². The van der Waals surface area contributed by atoms with Crippen LogP contribution in [0.3, 0.4) is 0 Å². The maximum atomic E-state index is 12.7. The van der Waals surface area contributed by atoms with Crippen LogP contribution >= 0.6 is 22.9 Å². The molecule has 2 aliphatic heterocycles. The van der Waals surface area contributed by atoms with E-state index in [4.69, 9.17) is 26.1 Å². The third kappa shape index (κ3) is 7.16. The van der Waals surface area contributed by atoms with Crippen LogP contribution in [0.15, 0.2) is 51.6 Å². The fourth-order valence-corrected chi connectivity index (χ4v) is 7.95. The van der Waals surface area contributed by atoms with Crippen LogP contribution in [0, 0.1) is 6.92 Å². The number of rotatable bonds is 8. The Morgan fingerprint density at radius 1 is 1.15 bits per heavy atom. The molecule has 1 fully saturated rings. The molecule has 14 heteroatoms. The van der Waals surface area contributed by atoms with Gasteiger partial charge in [0.2, 0.25) is 0 Å². The van der Waals surface area contributed by atoms with E-state index in [1.165, 1.54) is 18.4 Å². The second-order valence-corrected chi connectivity index (χ2v) is 13.3. The first kappa shape index (κ1) is 34.1. The Kier molecular flexibility index (Phi) is 9.96. The van der Waals surface area contributed by atoms with Gasteiger partial charge in [0.15, 0.2) is 5.94 Å². The van der Waals surface area contributed by atoms with E-state index in [1.807, 2.05) is 30.9 Å². The maximum absolute atomic E-state index is 12.7. The zero-order chi connectivity index (χ0) is 34.2. The monoisotopic (exact) mass is 702 g/mol. The molecule has 1 aromatic carbocycles. The molecule has 2 aromatic heterocycles. The molecular formula is C34H34ClF3N4O5S. The largest absolute Gasteiger partial charge is 0.522 e. The van der Waals surface area contributed by atoms with Crippen LogP contribution in [-0.2, 0) is 14.3 Å². The standard InChI is InChI=1S/C34H34ClF3N4O5S/c1-19-14-25(32-31(39-19)27(18-48-32)33(44)45-3)24-15-21(35)4-7-30(24)46-13-12-42-20(2)40-28-6-5-22(16-26(28)29(42)17-43)41-10-8-23(9-11-41)47-34(36,37)38/h4,7,14-15,18,22-23H,5-6,8-13,16H2,1-3H3. The number of halogens is 4. The van der Waals surface area contributed by atoms with Crippen molar-refractivity contribution in [1.82, 2.24) is 14.8 Å². The number of carbonyl (C=O) groups excluding carboxylic acids is 2. The van der Waals surface area contributed by atoms with Gasteiger partial charge >= 0.3 is 12.3 Å². The fourth-order valence-electron chi connectivity index (χ4n) is 6.77. The summed E-state index contributed by atoms with van der Waals surface area (Å²) in [5.41, 5.74) is 5.28. The number of nitrogens with zero attached hydrogens (tertiary/aromatic N) is 4. The number of alkyl halides is 3. The summed E-state index contributed by atoms with van der Waals surface area (Å²) in [7, 11) is 1.33. The molecule has 3 aromatic rings. The van der Waals surface area contributed by atoms with Gasteiger partial charge in [0.1, 0.15) is 23.9 Å². The number of methoxy groups -OCH3 is 1. The lowest BCUT2D eigenvalue weighted by molar-refractivity contribution is -0.346. The molecule has 6 rings (SSSR count). The summed E-state index contributed by atoms with van der Waals surface area (Å²) in [4.78, 5) is 38.3. The zero-order valence-electron chi connectivity index (χ0n) is 26.7. The molecule has 1 saturated heterocycles. The van der Waals surface area contributed by atoms with E-state index in [1.54, 1.807) is 17.5 Å². The van der Waals surface area contributed by atoms with Gasteiger partial charge in [-0.2, -0.15) is 0 Å². The van der Waals surface area contributed by atoms with E-state index in [0.29, 0.717) is 84.4 Å². The molecule has 4 heterocycles. The van der Waals surface area contributed by atoms with Gasteiger partial charge in [0.05, 0.1) is 35.5 Å². The van der Waals surface area contributed by atoms with E-state index >= 15 is 0 Å². The number of hydrogen-bond donors (Lipinski definition) is 0. The lowest BCUT2D eigenvalue weighted by atomic mass is 9.87. The van der Waals surface area contributed by atoms with Gasteiger partial charge in [0, 0.05) is 57.6 Å². The van der Waals surface area contributed by atoms with Crippen molar-refractivity contribution in [2.24, 2.45) is 4.99 Å². The van der Waals surface area contributed by atoms with Crippen molar-refractivity contribution < 1.29 is 37.0 Å². The third-order valence-corrected chi connectivity index (χ3v) is 10.2. The van der Waals surface area contributed by atoms with E-state index in [0.717, 1.165) is 33.5 Å². The summed E-state index contributed by atoms with van der Waals surface area (Å²) in [6.07, 6.45) is -2.83. The minimum atomic E-state index is -4.63. The van der Waals surface area contributed by atoms with Crippen molar-refractivity contribution in [2.75, 3.05) is 33.4 Å². The Morgan fingerprint density at radius 2 is 1.92 bits per heavy atom. The number of benzene rings is 1.